The summed E-state index contributed by atoms with van der Waals surface area (Å²) in [7, 11) is 0. The Balaban J connectivity index is 1.90. The molecule has 64 valence electrons. The minimum Gasteiger partial charge on any atom is -0.315 e. The Bertz CT molecular complexity index is 264. The van der Waals surface area contributed by atoms with E-state index < -0.39 is 0 Å². The van der Waals surface area contributed by atoms with Crippen LogP contribution in [0.1, 0.15) is 4.88 Å². The molecular weight excluding hydrogens is 170 g/mol. The average molecular weight is 181 g/mol. The molecule has 3 heteroatoms. The summed E-state index contributed by atoms with van der Waals surface area (Å²) < 4.78 is 0. The summed E-state index contributed by atoms with van der Waals surface area (Å²) in [5.74, 6) is 0.670. The summed E-state index contributed by atoms with van der Waals surface area (Å²) in [5.41, 5.74) is 0. The molecule has 0 amide bonds. The SMILES string of the molecule is O=C(Cc1cccs1)C1CNC1. The molecular formula is C9H11NOS. The highest BCUT2D eigenvalue weighted by Crippen LogP contribution is 2.13. The molecule has 0 radical (unpaired) electrons. The van der Waals surface area contributed by atoms with Gasteiger partial charge in [0.15, 0.2) is 0 Å². The molecule has 0 unspecified atom stereocenters. The number of hydrogen-bond donors (Lipinski definition) is 1. The molecule has 1 fully saturated rings. The van der Waals surface area contributed by atoms with Crippen LogP contribution >= 0.6 is 11.3 Å². The van der Waals surface area contributed by atoms with Crippen molar-refractivity contribution in [1.82, 2.24) is 5.32 Å². The van der Waals surface area contributed by atoms with Crippen molar-refractivity contribution in [3.8, 4) is 0 Å². The molecule has 2 heterocycles. The van der Waals surface area contributed by atoms with Gasteiger partial charge in [-0.2, -0.15) is 0 Å². The zero-order valence-electron chi connectivity index (χ0n) is 6.75. The smallest absolute Gasteiger partial charge is 0.143 e. The molecule has 0 bridgehead atoms. The summed E-state index contributed by atoms with van der Waals surface area (Å²) in [4.78, 5) is 12.6. The number of carbonyl (C=O) groups excluding carboxylic acids is 1. The van der Waals surface area contributed by atoms with Gasteiger partial charge >= 0.3 is 0 Å². The van der Waals surface area contributed by atoms with Crippen LogP contribution in [-0.2, 0) is 11.2 Å². The van der Waals surface area contributed by atoms with Crippen molar-refractivity contribution in [3.63, 3.8) is 0 Å². The van der Waals surface area contributed by atoms with Gasteiger partial charge in [-0.25, -0.2) is 0 Å². The Morgan fingerprint density at radius 2 is 2.50 bits per heavy atom. The first kappa shape index (κ1) is 7.95. The fraction of sp³-hybridized carbons (Fsp3) is 0.444. The minimum atomic E-state index is 0.284. The van der Waals surface area contributed by atoms with Gasteiger partial charge in [0.1, 0.15) is 5.78 Å². The lowest BCUT2D eigenvalue weighted by atomic mass is 9.95. The molecule has 1 N–H and O–H groups in total. The normalized spacial score (nSPS) is 17.3. The zero-order valence-corrected chi connectivity index (χ0v) is 7.56. The van der Waals surface area contributed by atoms with Gasteiger partial charge in [0.05, 0.1) is 0 Å². The highest BCUT2D eigenvalue weighted by atomic mass is 32.1. The molecule has 1 aliphatic rings. The van der Waals surface area contributed by atoms with E-state index in [1.807, 2.05) is 17.5 Å². The zero-order chi connectivity index (χ0) is 8.39. The van der Waals surface area contributed by atoms with E-state index in [9.17, 15) is 4.79 Å². The van der Waals surface area contributed by atoms with Crippen molar-refractivity contribution in [1.29, 1.82) is 0 Å². The van der Waals surface area contributed by atoms with Gasteiger partial charge in [-0.05, 0) is 11.4 Å². The third-order valence-electron chi connectivity index (χ3n) is 2.17. The fourth-order valence-electron chi connectivity index (χ4n) is 1.25. The summed E-state index contributed by atoms with van der Waals surface area (Å²) in [6.07, 6.45) is 0.629. The molecule has 1 aromatic heterocycles. The third kappa shape index (κ3) is 1.57. The van der Waals surface area contributed by atoms with E-state index in [0.29, 0.717) is 12.2 Å². The molecule has 2 rings (SSSR count). The second kappa shape index (κ2) is 3.37. The lowest BCUT2D eigenvalue weighted by Crippen LogP contribution is -2.46. The van der Waals surface area contributed by atoms with Crippen molar-refractivity contribution in [3.05, 3.63) is 22.4 Å². The Kier molecular flexibility index (Phi) is 2.23. The largest absolute Gasteiger partial charge is 0.315 e. The molecule has 0 saturated carbocycles. The fourth-order valence-corrected chi connectivity index (χ4v) is 1.96. The molecule has 0 spiro atoms. The standard InChI is InChI=1S/C9H11NOS/c11-9(7-5-10-6-7)4-8-2-1-3-12-8/h1-3,7,10H,4-6H2. The Morgan fingerprint density at radius 3 is 3.00 bits per heavy atom. The number of Topliss-reactive ketones (excluding diaryl/α,β-unsaturated/α-hetero) is 1. The monoisotopic (exact) mass is 181 g/mol. The lowest BCUT2D eigenvalue weighted by Gasteiger charge is -2.25. The van der Waals surface area contributed by atoms with Gasteiger partial charge < -0.3 is 5.32 Å². The summed E-state index contributed by atoms with van der Waals surface area (Å²) in [5, 5.41) is 5.12. The van der Waals surface area contributed by atoms with Gasteiger partial charge in [-0.15, -0.1) is 11.3 Å². The van der Waals surface area contributed by atoms with E-state index in [1.165, 1.54) is 4.88 Å². The van der Waals surface area contributed by atoms with Gasteiger partial charge in [0.2, 0.25) is 0 Å². The minimum absolute atomic E-state index is 0.284. The number of ketones is 1. The number of nitrogens with one attached hydrogen (secondary N) is 1. The van der Waals surface area contributed by atoms with Gasteiger partial charge in [-0.1, -0.05) is 6.07 Å². The molecule has 0 atom stereocenters. The van der Waals surface area contributed by atoms with Crippen molar-refractivity contribution in [2.45, 2.75) is 6.42 Å². The van der Waals surface area contributed by atoms with E-state index in [-0.39, 0.29) is 5.92 Å². The summed E-state index contributed by atoms with van der Waals surface area (Å²) >= 11 is 1.66. The van der Waals surface area contributed by atoms with Gasteiger partial charge in [0, 0.05) is 30.3 Å². The lowest BCUT2D eigenvalue weighted by molar-refractivity contribution is -0.123. The number of rotatable bonds is 3. The first-order valence-electron chi connectivity index (χ1n) is 4.12. The van der Waals surface area contributed by atoms with Crippen molar-refractivity contribution in [2.75, 3.05) is 13.1 Å². The van der Waals surface area contributed by atoms with Crippen LogP contribution in [0.15, 0.2) is 17.5 Å². The van der Waals surface area contributed by atoms with E-state index in [4.69, 9.17) is 0 Å². The quantitative estimate of drug-likeness (QED) is 0.756. The van der Waals surface area contributed by atoms with Crippen LogP contribution < -0.4 is 5.32 Å². The maximum absolute atomic E-state index is 11.5. The highest BCUT2D eigenvalue weighted by molar-refractivity contribution is 7.10. The van der Waals surface area contributed by atoms with Crippen LogP contribution in [0.25, 0.3) is 0 Å². The first-order valence-corrected chi connectivity index (χ1v) is 5.00. The number of carbonyl (C=O) groups is 1. The van der Waals surface area contributed by atoms with E-state index >= 15 is 0 Å². The van der Waals surface area contributed by atoms with Crippen LogP contribution in [0.4, 0.5) is 0 Å². The van der Waals surface area contributed by atoms with E-state index in [0.717, 1.165) is 13.1 Å². The molecule has 0 aliphatic carbocycles. The van der Waals surface area contributed by atoms with Crippen LogP contribution in [0.5, 0.6) is 0 Å². The van der Waals surface area contributed by atoms with Gasteiger partial charge in [-0.3, -0.25) is 4.79 Å². The van der Waals surface area contributed by atoms with Crippen molar-refractivity contribution in [2.24, 2.45) is 5.92 Å². The third-order valence-corrected chi connectivity index (χ3v) is 3.04. The second-order valence-corrected chi connectivity index (χ2v) is 4.11. The van der Waals surface area contributed by atoms with Gasteiger partial charge in [0.25, 0.3) is 0 Å². The van der Waals surface area contributed by atoms with Crippen molar-refractivity contribution >= 4 is 17.1 Å². The number of hydrogen-bond acceptors (Lipinski definition) is 3. The van der Waals surface area contributed by atoms with Crippen LogP contribution in [0.3, 0.4) is 0 Å². The Labute approximate surface area is 75.6 Å². The summed E-state index contributed by atoms with van der Waals surface area (Å²) in [6, 6.07) is 4.01. The highest BCUT2D eigenvalue weighted by Gasteiger charge is 2.24. The molecule has 12 heavy (non-hydrogen) atoms. The molecule has 0 aromatic carbocycles. The summed E-state index contributed by atoms with van der Waals surface area (Å²) in [6.45, 7) is 1.76. The van der Waals surface area contributed by atoms with Crippen molar-refractivity contribution < 1.29 is 4.79 Å². The molecule has 2 nitrogen and oxygen atoms in total. The van der Waals surface area contributed by atoms with E-state index in [2.05, 4.69) is 5.32 Å². The van der Waals surface area contributed by atoms with E-state index in [1.54, 1.807) is 11.3 Å². The number of thiophene rings is 1. The second-order valence-electron chi connectivity index (χ2n) is 3.08. The predicted molar refractivity (Wildman–Crippen MR) is 49.4 cm³/mol. The maximum Gasteiger partial charge on any atom is 0.143 e. The average Bonchev–Trinajstić information content (AvgIpc) is 2.34. The van der Waals surface area contributed by atoms with Crippen LogP contribution in [0.2, 0.25) is 0 Å². The van der Waals surface area contributed by atoms with Crippen LogP contribution in [-0.4, -0.2) is 18.9 Å². The maximum atomic E-state index is 11.5. The first-order chi connectivity index (χ1) is 5.86. The molecule has 1 aromatic rings. The van der Waals surface area contributed by atoms with Crippen LogP contribution in [0, 0.1) is 5.92 Å². The predicted octanol–water partition coefficient (Wildman–Crippen LogP) is 1.08. The topological polar surface area (TPSA) is 29.1 Å². The molecule has 1 saturated heterocycles. The Hall–Kier alpha value is -0.670. The Morgan fingerprint density at radius 1 is 1.67 bits per heavy atom. The molecule has 1 aliphatic heterocycles.